The topological polar surface area (TPSA) is 29.5 Å². The number of hydrogen-bond acceptors (Lipinski definition) is 3. The van der Waals surface area contributed by atoms with Gasteiger partial charge in [-0.1, -0.05) is 51.8 Å². The summed E-state index contributed by atoms with van der Waals surface area (Å²) in [5, 5.41) is 0. The first-order valence-electron chi connectivity index (χ1n) is 14.1. The van der Waals surface area contributed by atoms with Gasteiger partial charge in [0.2, 0.25) is 0 Å². The molecule has 1 spiro atoms. The maximum Gasteiger partial charge on any atom is 0.155 e. The van der Waals surface area contributed by atoms with Crippen LogP contribution in [0.2, 0.25) is 0 Å². The van der Waals surface area contributed by atoms with Crippen LogP contribution in [0.3, 0.4) is 0 Å². The number of ether oxygens (including phenoxy) is 1. The second-order valence-electron chi connectivity index (χ2n) is 12.6. The Labute approximate surface area is 209 Å². The van der Waals surface area contributed by atoms with E-state index >= 15 is 0 Å². The molecular formula is C31H51NO2. The maximum atomic E-state index is 12.1. The Morgan fingerprint density at radius 2 is 1.91 bits per heavy atom. The van der Waals surface area contributed by atoms with Crippen molar-refractivity contribution < 1.29 is 9.53 Å². The second-order valence-corrected chi connectivity index (χ2v) is 12.6. The van der Waals surface area contributed by atoms with Crippen LogP contribution in [0.15, 0.2) is 22.8 Å². The molecule has 2 aliphatic heterocycles. The van der Waals surface area contributed by atoms with Crippen molar-refractivity contribution in [1.29, 1.82) is 0 Å². The number of piperidine rings is 1. The van der Waals surface area contributed by atoms with Gasteiger partial charge in [-0.2, -0.15) is 0 Å². The fourth-order valence-electron chi connectivity index (χ4n) is 9.22. The number of likely N-dealkylation sites (tertiary alicyclic amines) is 1. The van der Waals surface area contributed by atoms with E-state index in [4.69, 9.17) is 4.74 Å². The number of hydrogen-bond donors (Lipinski definition) is 0. The molecule has 2 saturated carbocycles. The number of nitrogens with zero attached hydrogens (tertiary/aromatic N) is 1. The summed E-state index contributed by atoms with van der Waals surface area (Å²) in [6.07, 6.45) is 14.3. The highest BCUT2D eigenvalue weighted by Gasteiger charge is 2.56. The van der Waals surface area contributed by atoms with Crippen molar-refractivity contribution in [2.45, 2.75) is 124 Å². The fraction of sp³-hybridized carbons (Fsp3) is 0.839. The van der Waals surface area contributed by atoms with Crippen LogP contribution in [0.4, 0.5) is 0 Å². The Morgan fingerprint density at radius 1 is 1.15 bits per heavy atom. The first kappa shape index (κ1) is 26.1. The molecule has 6 aliphatic rings. The highest BCUT2D eigenvalue weighted by Crippen LogP contribution is 2.63. The largest absolute Gasteiger partial charge is 0.370 e. The van der Waals surface area contributed by atoms with Gasteiger partial charge in [0.25, 0.3) is 0 Å². The Balaban J connectivity index is 0.000000890. The van der Waals surface area contributed by atoms with Gasteiger partial charge in [-0.25, -0.2) is 0 Å². The van der Waals surface area contributed by atoms with Gasteiger partial charge in [0, 0.05) is 19.0 Å². The minimum absolute atomic E-state index is 0. The molecule has 8 unspecified atom stereocenters. The third-order valence-corrected chi connectivity index (χ3v) is 10.7. The van der Waals surface area contributed by atoms with Crippen LogP contribution in [0.25, 0.3) is 0 Å². The molecule has 2 heterocycles. The third kappa shape index (κ3) is 4.07. The Hall–Kier alpha value is -0.930. The van der Waals surface area contributed by atoms with Crippen molar-refractivity contribution in [1.82, 2.24) is 4.90 Å². The van der Waals surface area contributed by atoms with Crippen molar-refractivity contribution in [3.63, 3.8) is 0 Å². The Morgan fingerprint density at radius 3 is 2.68 bits per heavy atom. The number of ketones is 1. The van der Waals surface area contributed by atoms with E-state index in [1.807, 2.05) is 19.9 Å². The average Bonchev–Trinajstić information content (AvgIpc) is 3.30. The van der Waals surface area contributed by atoms with Crippen LogP contribution in [-0.2, 0) is 9.53 Å². The van der Waals surface area contributed by atoms with E-state index in [1.165, 1.54) is 50.6 Å². The number of fused-ring (bicyclic) bond motifs is 6. The summed E-state index contributed by atoms with van der Waals surface area (Å²) in [4.78, 5) is 14.7. The van der Waals surface area contributed by atoms with Crippen LogP contribution < -0.4 is 0 Å². The molecule has 4 aliphatic carbocycles. The van der Waals surface area contributed by atoms with Gasteiger partial charge < -0.3 is 9.64 Å². The molecule has 3 nitrogen and oxygen atoms in total. The lowest BCUT2D eigenvalue weighted by Gasteiger charge is -2.48. The zero-order valence-corrected chi connectivity index (χ0v) is 22.1. The standard InChI is InChI=1S/C28H41NO2.C2H6.CH4/c1-17-11-26-25(29(4)16-17)15-28(31-26)10-8-21-22-6-5-19-12-20(30)7-9-27(19,3)24(22)13-23(21)18(2)14-28;1-2;/h12,17,21-22,24-26H,5-11,13-16H2,1-4H3;1-2H3;1H4. The van der Waals surface area contributed by atoms with Gasteiger partial charge in [-0.15, -0.1) is 0 Å². The van der Waals surface area contributed by atoms with Crippen molar-refractivity contribution >= 4 is 5.78 Å². The SMILES string of the molecule is C.CC.CC1=C2CC3C(CCC4=CC(=O)CCC43C)C2CCC2(C1)CC1C(CC(C)CN1C)O2. The van der Waals surface area contributed by atoms with E-state index in [9.17, 15) is 4.79 Å². The van der Waals surface area contributed by atoms with E-state index in [-0.39, 0.29) is 18.4 Å². The van der Waals surface area contributed by atoms with E-state index in [0.717, 1.165) is 49.4 Å². The summed E-state index contributed by atoms with van der Waals surface area (Å²) < 4.78 is 6.98. The van der Waals surface area contributed by atoms with E-state index in [0.29, 0.717) is 17.9 Å². The molecule has 3 heteroatoms. The normalized spacial score (nSPS) is 45.7. The Kier molecular flexibility index (Phi) is 7.31. The first-order valence-corrected chi connectivity index (χ1v) is 14.1. The predicted octanol–water partition coefficient (Wildman–Crippen LogP) is 7.36. The number of rotatable bonds is 0. The van der Waals surface area contributed by atoms with Crippen molar-refractivity contribution in [3.8, 4) is 0 Å². The highest BCUT2D eigenvalue weighted by atomic mass is 16.5. The Bertz CT molecular complexity index is 857. The third-order valence-electron chi connectivity index (χ3n) is 10.7. The number of likely N-dealkylation sites (N-methyl/N-ethyl adjacent to an activating group) is 1. The highest BCUT2D eigenvalue weighted by molar-refractivity contribution is 5.91. The van der Waals surface area contributed by atoms with Crippen LogP contribution in [-0.4, -0.2) is 42.0 Å². The molecule has 0 amide bonds. The average molecular weight is 470 g/mol. The second kappa shape index (κ2) is 9.51. The summed E-state index contributed by atoms with van der Waals surface area (Å²) in [5.41, 5.74) is 5.30. The minimum Gasteiger partial charge on any atom is -0.370 e. The summed E-state index contributed by atoms with van der Waals surface area (Å²) >= 11 is 0. The maximum absolute atomic E-state index is 12.1. The van der Waals surface area contributed by atoms with Gasteiger partial charge in [-0.3, -0.25) is 4.79 Å². The molecule has 2 saturated heterocycles. The van der Waals surface area contributed by atoms with Gasteiger partial charge >= 0.3 is 0 Å². The molecule has 8 atom stereocenters. The zero-order chi connectivity index (χ0) is 23.5. The molecule has 192 valence electrons. The fourth-order valence-corrected chi connectivity index (χ4v) is 9.22. The van der Waals surface area contributed by atoms with Crippen LogP contribution in [0, 0.1) is 29.1 Å². The molecular weight excluding hydrogens is 418 g/mol. The number of carbonyl (C=O) groups excluding carboxylic acids is 1. The first-order chi connectivity index (χ1) is 15.8. The molecule has 0 radical (unpaired) electrons. The van der Waals surface area contributed by atoms with E-state index in [1.54, 1.807) is 11.1 Å². The molecule has 4 fully saturated rings. The monoisotopic (exact) mass is 469 g/mol. The summed E-state index contributed by atoms with van der Waals surface area (Å²) in [7, 11) is 2.32. The molecule has 0 N–H and O–H groups in total. The molecule has 0 bridgehead atoms. The van der Waals surface area contributed by atoms with Crippen molar-refractivity contribution in [2.75, 3.05) is 13.6 Å². The molecule has 6 rings (SSSR count). The number of carbonyl (C=O) groups is 1. The van der Waals surface area contributed by atoms with Gasteiger partial charge in [0.1, 0.15) is 0 Å². The molecule has 0 aromatic carbocycles. The molecule has 0 aromatic heterocycles. The lowest BCUT2D eigenvalue weighted by molar-refractivity contribution is -0.116. The lowest BCUT2D eigenvalue weighted by Crippen LogP contribution is -2.46. The number of allylic oxidation sites excluding steroid dienone is 3. The quantitative estimate of drug-likeness (QED) is 0.347. The van der Waals surface area contributed by atoms with E-state index < -0.39 is 0 Å². The van der Waals surface area contributed by atoms with Crippen molar-refractivity contribution in [2.24, 2.45) is 29.1 Å². The summed E-state index contributed by atoms with van der Waals surface area (Å²) in [5.74, 6) is 3.46. The lowest BCUT2D eigenvalue weighted by atomic mass is 9.56. The van der Waals surface area contributed by atoms with Crippen LogP contribution in [0.5, 0.6) is 0 Å². The smallest absolute Gasteiger partial charge is 0.155 e. The van der Waals surface area contributed by atoms with Gasteiger partial charge in [0.15, 0.2) is 5.78 Å². The summed E-state index contributed by atoms with van der Waals surface area (Å²) in [6.45, 7) is 12.5. The van der Waals surface area contributed by atoms with Gasteiger partial charge in [-0.05, 0) is 107 Å². The van der Waals surface area contributed by atoms with E-state index in [2.05, 4.69) is 32.7 Å². The molecule has 34 heavy (non-hydrogen) atoms. The van der Waals surface area contributed by atoms with Crippen molar-refractivity contribution in [3.05, 3.63) is 22.8 Å². The van der Waals surface area contributed by atoms with Gasteiger partial charge in [0.05, 0.1) is 11.7 Å². The molecule has 0 aromatic rings. The van der Waals surface area contributed by atoms with Crippen LogP contribution >= 0.6 is 0 Å². The zero-order valence-electron chi connectivity index (χ0n) is 22.1. The van der Waals surface area contributed by atoms with Crippen LogP contribution in [0.1, 0.15) is 106 Å². The minimum atomic E-state index is 0. The predicted molar refractivity (Wildman–Crippen MR) is 142 cm³/mol. The summed E-state index contributed by atoms with van der Waals surface area (Å²) in [6, 6.07) is 0.626.